The zero-order valence-electron chi connectivity index (χ0n) is 16.2. The highest BCUT2D eigenvalue weighted by Crippen LogP contribution is 2.21. The summed E-state index contributed by atoms with van der Waals surface area (Å²) in [6, 6.07) is 16.2. The Labute approximate surface area is 163 Å². The molecule has 0 aliphatic carbocycles. The van der Waals surface area contributed by atoms with E-state index in [0.717, 1.165) is 22.5 Å². The van der Waals surface area contributed by atoms with Crippen LogP contribution in [-0.4, -0.2) is 32.8 Å². The van der Waals surface area contributed by atoms with E-state index >= 15 is 0 Å². The zero-order valence-corrected chi connectivity index (χ0v) is 16.2. The van der Waals surface area contributed by atoms with Gasteiger partial charge in [0.1, 0.15) is 0 Å². The van der Waals surface area contributed by atoms with Gasteiger partial charge in [-0.05, 0) is 23.3 Å². The maximum atomic E-state index is 12.7. The van der Waals surface area contributed by atoms with Crippen molar-refractivity contribution in [2.24, 2.45) is 7.05 Å². The maximum Gasteiger partial charge on any atom is 0.292 e. The maximum absolute atomic E-state index is 12.7. The Hall–Kier alpha value is -3.41. The average Bonchev–Trinajstić information content (AvgIpc) is 3.27. The molecule has 2 heterocycles. The first-order valence-electron chi connectivity index (χ1n) is 9.18. The summed E-state index contributed by atoms with van der Waals surface area (Å²) in [7, 11) is 3.62. The summed E-state index contributed by atoms with van der Waals surface area (Å²) in [5.41, 5.74) is 3.82. The Kier molecular flexibility index (Phi) is 4.69. The van der Waals surface area contributed by atoms with E-state index in [1.807, 2.05) is 38.4 Å². The normalized spacial score (nSPS) is 11.1. The number of amides is 1. The van der Waals surface area contributed by atoms with Gasteiger partial charge in [-0.25, -0.2) is 0 Å². The Balaban J connectivity index is 1.50. The molecule has 0 atom stereocenters. The number of aromatic nitrogens is 3. The van der Waals surface area contributed by atoms with Gasteiger partial charge in [-0.15, -0.1) is 0 Å². The number of nitrogens with zero attached hydrogens (tertiary/aromatic N) is 4. The van der Waals surface area contributed by atoms with Crippen LogP contribution in [0.15, 0.2) is 59.3 Å². The largest absolute Gasteiger partial charge is 0.351 e. The first kappa shape index (κ1) is 18.0. The number of hydrogen-bond acceptors (Lipinski definition) is 4. The molecule has 4 rings (SSSR count). The average molecular weight is 374 g/mol. The molecule has 0 spiro atoms. The first-order valence-corrected chi connectivity index (χ1v) is 9.18. The lowest BCUT2D eigenvalue weighted by atomic mass is 10.0. The van der Waals surface area contributed by atoms with Gasteiger partial charge in [-0.2, -0.15) is 5.10 Å². The predicted octanol–water partition coefficient (Wildman–Crippen LogP) is 3.73. The second-order valence-electron chi connectivity index (χ2n) is 7.07. The Morgan fingerprint density at radius 2 is 1.93 bits per heavy atom. The second-order valence-corrected chi connectivity index (χ2v) is 7.07. The molecule has 0 radical (unpaired) electrons. The lowest BCUT2D eigenvalue weighted by molar-refractivity contribution is 0.0743. The van der Waals surface area contributed by atoms with Crippen LogP contribution in [0.5, 0.6) is 0 Å². The van der Waals surface area contributed by atoms with Crippen LogP contribution in [0.2, 0.25) is 0 Å². The summed E-state index contributed by atoms with van der Waals surface area (Å²) in [4.78, 5) is 14.3. The molecule has 4 aromatic rings. The summed E-state index contributed by atoms with van der Waals surface area (Å²) in [5.74, 6) is 0.0548. The van der Waals surface area contributed by atoms with Crippen LogP contribution >= 0.6 is 0 Å². The molecule has 2 aromatic heterocycles. The van der Waals surface area contributed by atoms with Gasteiger partial charge in [0.15, 0.2) is 0 Å². The molecule has 0 fully saturated rings. The number of fused-ring (bicyclic) bond motifs is 1. The monoisotopic (exact) mass is 374 g/mol. The molecule has 0 saturated carbocycles. The van der Waals surface area contributed by atoms with Crippen LogP contribution in [0.1, 0.15) is 33.1 Å². The van der Waals surface area contributed by atoms with E-state index in [1.165, 1.54) is 10.8 Å². The van der Waals surface area contributed by atoms with E-state index in [1.54, 1.807) is 22.7 Å². The summed E-state index contributed by atoms with van der Waals surface area (Å²) in [6.07, 6.45) is 2.54. The van der Waals surface area contributed by atoms with E-state index in [-0.39, 0.29) is 11.7 Å². The third kappa shape index (κ3) is 3.53. The molecule has 0 bridgehead atoms. The lowest BCUT2D eigenvalue weighted by Gasteiger charge is -2.14. The first-order chi connectivity index (χ1) is 13.5. The standard InChI is InChI=1S/C22H22N4O2/c1-15-18(14-26(3)23-15)13-25(2)22(27)21-12-19(24-28-21)11-17-9-6-8-16-7-4-5-10-20(16)17/h4-10,12,14H,11,13H2,1-3H3. The number of benzene rings is 2. The highest BCUT2D eigenvalue weighted by atomic mass is 16.5. The lowest BCUT2D eigenvalue weighted by Crippen LogP contribution is -2.26. The zero-order chi connectivity index (χ0) is 19.7. The third-order valence-corrected chi connectivity index (χ3v) is 4.89. The van der Waals surface area contributed by atoms with Crippen molar-refractivity contribution < 1.29 is 9.32 Å². The van der Waals surface area contributed by atoms with E-state index < -0.39 is 0 Å². The summed E-state index contributed by atoms with van der Waals surface area (Å²) in [5, 5.41) is 10.8. The minimum Gasteiger partial charge on any atom is -0.351 e. The van der Waals surface area contributed by atoms with E-state index in [9.17, 15) is 4.79 Å². The molecule has 0 saturated heterocycles. The summed E-state index contributed by atoms with van der Waals surface area (Å²) < 4.78 is 7.09. The van der Waals surface area contributed by atoms with Crippen LogP contribution in [0.25, 0.3) is 10.8 Å². The molecular weight excluding hydrogens is 352 g/mol. The highest BCUT2D eigenvalue weighted by molar-refractivity contribution is 5.91. The van der Waals surface area contributed by atoms with Crippen molar-refractivity contribution in [1.82, 2.24) is 19.8 Å². The molecule has 0 aliphatic heterocycles. The van der Waals surface area contributed by atoms with Crippen LogP contribution in [-0.2, 0) is 20.0 Å². The Bertz CT molecular complexity index is 1140. The van der Waals surface area contributed by atoms with Crippen molar-refractivity contribution in [3.63, 3.8) is 0 Å². The molecular formula is C22H22N4O2. The SMILES string of the molecule is Cc1nn(C)cc1CN(C)C(=O)c1cc(Cc2cccc3ccccc23)no1. The smallest absolute Gasteiger partial charge is 0.292 e. The van der Waals surface area contributed by atoms with Gasteiger partial charge in [0.2, 0.25) is 5.76 Å². The number of carbonyl (C=O) groups is 1. The molecule has 28 heavy (non-hydrogen) atoms. The van der Waals surface area contributed by atoms with Crippen molar-refractivity contribution in [2.45, 2.75) is 19.9 Å². The third-order valence-electron chi connectivity index (χ3n) is 4.89. The van der Waals surface area contributed by atoms with Gasteiger partial charge in [0.25, 0.3) is 5.91 Å². The van der Waals surface area contributed by atoms with Gasteiger partial charge >= 0.3 is 0 Å². The minimum absolute atomic E-state index is 0.195. The molecule has 0 N–H and O–H groups in total. The highest BCUT2D eigenvalue weighted by Gasteiger charge is 2.19. The second kappa shape index (κ2) is 7.31. The summed E-state index contributed by atoms with van der Waals surface area (Å²) in [6.45, 7) is 2.41. The summed E-state index contributed by atoms with van der Waals surface area (Å²) >= 11 is 0. The topological polar surface area (TPSA) is 64.2 Å². The van der Waals surface area contributed by atoms with E-state index in [0.29, 0.717) is 13.0 Å². The number of carbonyl (C=O) groups excluding carboxylic acids is 1. The molecule has 0 unspecified atom stereocenters. The Morgan fingerprint density at radius 1 is 1.14 bits per heavy atom. The van der Waals surface area contributed by atoms with Gasteiger partial charge < -0.3 is 9.42 Å². The molecule has 0 aliphatic rings. The van der Waals surface area contributed by atoms with Gasteiger partial charge in [0, 0.05) is 44.9 Å². The number of rotatable bonds is 5. The predicted molar refractivity (Wildman–Crippen MR) is 107 cm³/mol. The fourth-order valence-electron chi connectivity index (χ4n) is 3.46. The van der Waals surface area contributed by atoms with Gasteiger partial charge in [0.05, 0.1) is 11.4 Å². The van der Waals surface area contributed by atoms with Crippen LogP contribution in [0.3, 0.4) is 0 Å². The van der Waals surface area contributed by atoms with Crippen LogP contribution < -0.4 is 0 Å². The van der Waals surface area contributed by atoms with E-state index in [2.05, 4.69) is 34.5 Å². The van der Waals surface area contributed by atoms with Crippen LogP contribution in [0, 0.1) is 6.92 Å². The van der Waals surface area contributed by atoms with E-state index in [4.69, 9.17) is 4.52 Å². The Morgan fingerprint density at radius 3 is 2.71 bits per heavy atom. The number of hydrogen-bond donors (Lipinski definition) is 0. The molecule has 142 valence electrons. The van der Waals surface area contributed by atoms with Crippen molar-refractivity contribution in [3.05, 3.63) is 83.0 Å². The van der Waals surface area contributed by atoms with Gasteiger partial charge in [-0.3, -0.25) is 9.48 Å². The fraction of sp³-hybridized carbons (Fsp3) is 0.227. The number of aryl methyl sites for hydroxylation is 2. The molecule has 2 aromatic carbocycles. The molecule has 6 heteroatoms. The quantitative estimate of drug-likeness (QED) is 0.534. The molecule has 1 amide bonds. The van der Waals surface area contributed by atoms with Crippen molar-refractivity contribution >= 4 is 16.7 Å². The van der Waals surface area contributed by atoms with Crippen molar-refractivity contribution in [3.8, 4) is 0 Å². The minimum atomic E-state index is -0.195. The van der Waals surface area contributed by atoms with Gasteiger partial charge in [-0.1, -0.05) is 47.6 Å². The fourth-order valence-corrected chi connectivity index (χ4v) is 3.46. The van der Waals surface area contributed by atoms with Crippen molar-refractivity contribution in [2.75, 3.05) is 7.05 Å². The molecule has 6 nitrogen and oxygen atoms in total. The van der Waals surface area contributed by atoms with Crippen molar-refractivity contribution in [1.29, 1.82) is 0 Å². The van der Waals surface area contributed by atoms with Crippen LogP contribution in [0.4, 0.5) is 0 Å².